The number of halogens is 2. The lowest BCUT2D eigenvalue weighted by molar-refractivity contribution is 0.602. The first-order chi connectivity index (χ1) is 14.3. The van der Waals surface area contributed by atoms with Crippen molar-refractivity contribution < 1.29 is 8.42 Å². The molecule has 1 aromatic heterocycles. The van der Waals surface area contributed by atoms with Crippen molar-refractivity contribution in [2.24, 2.45) is 0 Å². The molecule has 0 aliphatic carbocycles. The van der Waals surface area contributed by atoms with E-state index in [1.54, 1.807) is 42.6 Å². The van der Waals surface area contributed by atoms with Crippen LogP contribution in [0.2, 0.25) is 10.0 Å². The van der Waals surface area contributed by atoms with Gasteiger partial charge in [0.2, 0.25) is 0 Å². The SMILES string of the molecule is Cc1cc(-c2cccc(S(C)(=O)=O)c2)ccc1-n1ccnc1-c1c(Cl)cccc1Cl. The van der Waals surface area contributed by atoms with Gasteiger partial charge in [-0.05, 0) is 60.0 Å². The summed E-state index contributed by atoms with van der Waals surface area (Å²) in [5.74, 6) is 0.653. The molecule has 0 bridgehead atoms. The van der Waals surface area contributed by atoms with E-state index in [0.717, 1.165) is 22.4 Å². The molecular formula is C23H18Cl2N2O2S. The monoisotopic (exact) mass is 456 g/mol. The van der Waals surface area contributed by atoms with Crippen LogP contribution in [0.4, 0.5) is 0 Å². The third kappa shape index (κ3) is 3.88. The Morgan fingerprint density at radius 2 is 1.57 bits per heavy atom. The highest BCUT2D eigenvalue weighted by Crippen LogP contribution is 2.35. The predicted molar refractivity (Wildman–Crippen MR) is 122 cm³/mol. The van der Waals surface area contributed by atoms with Crippen molar-refractivity contribution in [3.8, 4) is 28.2 Å². The molecule has 152 valence electrons. The largest absolute Gasteiger partial charge is 0.299 e. The van der Waals surface area contributed by atoms with Gasteiger partial charge < -0.3 is 0 Å². The maximum Gasteiger partial charge on any atom is 0.175 e. The Balaban J connectivity index is 1.79. The topological polar surface area (TPSA) is 52.0 Å². The first kappa shape index (κ1) is 20.7. The van der Waals surface area contributed by atoms with Crippen LogP contribution in [0.1, 0.15) is 5.56 Å². The second-order valence-electron chi connectivity index (χ2n) is 7.02. The van der Waals surface area contributed by atoms with Crippen molar-refractivity contribution in [2.45, 2.75) is 11.8 Å². The highest BCUT2D eigenvalue weighted by atomic mass is 35.5. The molecule has 0 unspecified atom stereocenters. The van der Waals surface area contributed by atoms with Gasteiger partial charge in [-0.3, -0.25) is 4.57 Å². The van der Waals surface area contributed by atoms with Crippen molar-refractivity contribution in [2.75, 3.05) is 6.26 Å². The van der Waals surface area contributed by atoms with Gasteiger partial charge in [-0.1, -0.05) is 47.5 Å². The highest BCUT2D eigenvalue weighted by Gasteiger charge is 2.16. The molecule has 30 heavy (non-hydrogen) atoms. The fraction of sp³-hybridized carbons (Fsp3) is 0.0870. The number of aryl methyl sites for hydroxylation is 1. The summed E-state index contributed by atoms with van der Waals surface area (Å²) in [5.41, 5.74) is 4.38. The van der Waals surface area contributed by atoms with Crippen LogP contribution in [0.15, 0.2) is 78.0 Å². The fourth-order valence-corrected chi connectivity index (χ4v) is 4.64. The number of hydrogen-bond donors (Lipinski definition) is 0. The molecule has 4 rings (SSSR count). The van der Waals surface area contributed by atoms with E-state index in [1.165, 1.54) is 6.26 Å². The number of rotatable bonds is 4. The molecule has 4 nitrogen and oxygen atoms in total. The maximum absolute atomic E-state index is 11.9. The van der Waals surface area contributed by atoms with E-state index in [9.17, 15) is 8.42 Å². The lowest BCUT2D eigenvalue weighted by atomic mass is 10.0. The minimum atomic E-state index is -3.27. The third-order valence-electron chi connectivity index (χ3n) is 4.88. The van der Waals surface area contributed by atoms with Crippen molar-refractivity contribution in [1.29, 1.82) is 0 Å². The predicted octanol–water partition coefficient (Wildman–Crippen LogP) is 6.23. The Labute approximate surface area is 185 Å². The van der Waals surface area contributed by atoms with Crippen LogP contribution in [-0.4, -0.2) is 24.2 Å². The Bertz CT molecular complexity index is 1340. The average molecular weight is 457 g/mol. The number of benzene rings is 3. The van der Waals surface area contributed by atoms with Crippen molar-refractivity contribution >= 4 is 33.0 Å². The molecule has 3 aromatic carbocycles. The minimum Gasteiger partial charge on any atom is -0.299 e. The zero-order chi connectivity index (χ0) is 21.5. The summed E-state index contributed by atoms with van der Waals surface area (Å²) in [6.45, 7) is 2.00. The first-order valence-electron chi connectivity index (χ1n) is 9.15. The molecule has 0 saturated heterocycles. The molecule has 0 atom stereocenters. The van der Waals surface area contributed by atoms with E-state index in [4.69, 9.17) is 23.2 Å². The van der Waals surface area contributed by atoms with E-state index in [2.05, 4.69) is 4.98 Å². The second kappa shape index (κ2) is 7.91. The van der Waals surface area contributed by atoms with Gasteiger partial charge in [-0.25, -0.2) is 13.4 Å². The zero-order valence-corrected chi connectivity index (χ0v) is 18.6. The standard InChI is InChI=1S/C23H18Cl2N2O2S/c1-15-13-17(16-5-3-6-18(14-16)30(2,28)29)9-10-21(15)27-12-11-26-23(27)22-19(24)7-4-8-20(22)25/h3-14H,1-2H3. The number of hydrogen-bond acceptors (Lipinski definition) is 3. The number of aromatic nitrogens is 2. The Morgan fingerprint density at radius 3 is 2.23 bits per heavy atom. The van der Waals surface area contributed by atoms with Gasteiger partial charge >= 0.3 is 0 Å². The molecule has 4 aromatic rings. The smallest absolute Gasteiger partial charge is 0.175 e. The van der Waals surface area contributed by atoms with Crippen LogP contribution < -0.4 is 0 Å². The van der Waals surface area contributed by atoms with Gasteiger partial charge in [0.15, 0.2) is 9.84 Å². The van der Waals surface area contributed by atoms with E-state index < -0.39 is 9.84 Å². The molecule has 0 spiro atoms. The first-order valence-corrected chi connectivity index (χ1v) is 11.8. The van der Waals surface area contributed by atoms with Gasteiger partial charge in [-0.15, -0.1) is 0 Å². The quantitative estimate of drug-likeness (QED) is 0.365. The third-order valence-corrected chi connectivity index (χ3v) is 6.62. The molecule has 0 aliphatic rings. The summed E-state index contributed by atoms with van der Waals surface area (Å²) in [6.07, 6.45) is 4.78. The summed E-state index contributed by atoms with van der Waals surface area (Å²) in [4.78, 5) is 4.77. The van der Waals surface area contributed by atoms with E-state index in [1.807, 2.05) is 42.0 Å². The number of nitrogens with zero attached hydrogens (tertiary/aromatic N) is 2. The summed E-state index contributed by atoms with van der Waals surface area (Å²) in [5, 5.41) is 1.06. The molecular weight excluding hydrogens is 439 g/mol. The Morgan fingerprint density at radius 1 is 0.900 bits per heavy atom. The molecule has 0 amide bonds. The zero-order valence-electron chi connectivity index (χ0n) is 16.3. The van der Waals surface area contributed by atoms with E-state index in [-0.39, 0.29) is 0 Å². The lowest BCUT2D eigenvalue weighted by Gasteiger charge is -2.14. The lowest BCUT2D eigenvalue weighted by Crippen LogP contribution is -2.00. The summed E-state index contributed by atoms with van der Waals surface area (Å²) in [6, 6.07) is 18.3. The normalized spacial score (nSPS) is 11.6. The molecule has 7 heteroatoms. The molecule has 1 heterocycles. The van der Waals surface area contributed by atoms with Gasteiger partial charge in [0, 0.05) is 18.6 Å². The van der Waals surface area contributed by atoms with Crippen LogP contribution >= 0.6 is 23.2 Å². The van der Waals surface area contributed by atoms with Gasteiger partial charge in [-0.2, -0.15) is 0 Å². The Hall–Kier alpha value is -2.60. The highest BCUT2D eigenvalue weighted by molar-refractivity contribution is 7.90. The summed E-state index contributed by atoms with van der Waals surface area (Å²) in [7, 11) is -3.27. The molecule has 0 fully saturated rings. The molecule has 0 saturated carbocycles. The molecule has 0 aliphatic heterocycles. The van der Waals surface area contributed by atoms with Crippen LogP contribution in [0.5, 0.6) is 0 Å². The molecule has 0 N–H and O–H groups in total. The van der Waals surface area contributed by atoms with Crippen LogP contribution in [0, 0.1) is 6.92 Å². The number of sulfone groups is 1. The van der Waals surface area contributed by atoms with Crippen molar-refractivity contribution in [1.82, 2.24) is 9.55 Å². The number of imidazole rings is 1. The van der Waals surface area contributed by atoms with Gasteiger partial charge in [0.1, 0.15) is 5.82 Å². The Kier molecular flexibility index (Phi) is 5.45. The minimum absolute atomic E-state index is 0.298. The summed E-state index contributed by atoms with van der Waals surface area (Å²) < 4.78 is 25.7. The maximum atomic E-state index is 11.9. The van der Waals surface area contributed by atoms with Crippen LogP contribution in [0.3, 0.4) is 0 Å². The van der Waals surface area contributed by atoms with E-state index >= 15 is 0 Å². The average Bonchev–Trinajstić information content (AvgIpc) is 3.16. The van der Waals surface area contributed by atoms with Gasteiger partial charge in [0.25, 0.3) is 0 Å². The van der Waals surface area contributed by atoms with Crippen molar-refractivity contribution in [3.63, 3.8) is 0 Å². The van der Waals surface area contributed by atoms with Crippen molar-refractivity contribution in [3.05, 3.63) is 88.7 Å². The van der Waals surface area contributed by atoms with Crippen LogP contribution in [0.25, 0.3) is 28.2 Å². The van der Waals surface area contributed by atoms with E-state index in [0.29, 0.717) is 26.3 Å². The second-order valence-corrected chi connectivity index (χ2v) is 9.85. The summed E-state index contributed by atoms with van der Waals surface area (Å²) >= 11 is 12.8. The fourth-order valence-electron chi connectivity index (χ4n) is 3.41. The van der Waals surface area contributed by atoms with Gasteiger partial charge in [0.05, 0.1) is 26.2 Å². The molecule has 0 radical (unpaired) electrons. The van der Waals surface area contributed by atoms with Crippen LogP contribution in [-0.2, 0) is 9.84 Å².